The number of sulfonamides is 1. The van der Waals surface area contributed by atoms with Crippen molar-refractivity contribution in [2.24, 2.45) is 0 Å². The first-order valence-corrected chi connectivity index (χ1v) is 8.50. The number of halogens is 1. The third kappa shape index (κ3) is 2.17. The molecule has 0 aromatic heterocycles. The Balaban J connectivity index is 1.98. The number of rotatable bonds is 2. The van der Waals surface area contributed by atoms with Gasteiger partial charge in [-0.3, -0.25) is 4.79 Å². The molecule has 1 aromatic rings. The molecular weight excluding hydrogens is 381 g/mol. The summed E-state index contributed by atoms with van der Waals surface area (Å²) in [4.78, 5) is 12.3. The zero-order valence-electron chi connectivity index (χ0n) is 10.0. The number of hydrogen-bond donors (Lipinski definition) is 0. The third-order valence-corrected chi connectivity index (χ3v) is 5.82. The Bertz CT molecular complexity index is 637. The topological polar surface area (TPSA) is 63.7 Å². The van der Waals surface area contributed by atoms with Crippen LogP contribution in [-0.2, 0) is 14.8 Å². The van der Waals surface area contributed by atoms with Crippen molar-refractivity contribution < 1.29 is 17.9 Å². The van der Waals surface area contributed by atoms with E-state index >= 15 is 0 Å². The zero-order chi connectivity index (χ0) is 13.6. The van der Waals surface area contributed by atoms with E-state index in [1.54, 1.807) is 18.2 Å². The summed E-state index contributed by atoms with van der Waals surface area (Å²) in [6, 6.07) is 4.85. The fourth-order valence-corrected chi connectivity index (χ4v) is 4.73. The van der Waals surface area contributed by atoms with Crippen molar-refractivity contribution in [3.63, 3.8) is 0 Å². The predicted octanol–water partition coefficient (Wildman–Crippen LogP) is 1.61. The van der Waals surface area contributed by atoms with Gasteiger partial charge in [0, 0.05) is 10.2 Å². The molecule has 2 aliphatic heterocycles. The highest BCUT2D eigenvalue weighted by Gasteiger charge is 2.42. The molecule has 1 unspecified atom stereocenters. The molecule has 3 rings (SSSR count). The van der Waals surface area contributed by atoms with Crippen LogP contribution in [0.4, 0.5) is 0 Å². The van der Waals surface area contributed by atoms with Gasteiger partial charge in [0.1, 0.15) is 4.90 Å². The van der Waals surface area contributed by atoms with Gasteiger partial charge < -0.3 is 4.74 Å². The molecule has 0 bridgehead atoms. The van der Waals surface area contributed by atoms with Crippen LogP contribution >= 0.6 is 22.6 Å². The lowest BCUT2D eigenvalue weighted by Crippen LogP contribution is -2.36. The molecule has 1 saturated heterocycles. The average Bonchev–Trinajstić information content (AvgIpc) is 2.92. The first-order valence-electron chi connectivity index (χ1n) is 5.98. The van der Waals surface area contributed by atoms with Gasteiger partial charge in [0.05, 0.1) is 18.2 Å². The third-order valence-electron chi connectivity index (χ3n) is 3.36. The Hall–Kier alpha value is -0.670. The Morgan fingerprint density at radius 1 is 1.42 bits per heavy atom. The van der Waals surface area contributed by atoms with E-state index in [2.05, 4.69) is 0 Å². The normalized spacial score (nSPS) is 24.8. The Kier molecular flexibility index (Phi) is 3.30. The van der Waals surface area contributed by atoms with Gasteiger partial charge in [0.2, 0.25) is 0 Å². The van der Waals surface area contributed by atoms with Crippen LogP contribution in [0.1, 0.15) is 23.2 Å². The van der Waals surface area contributed by atoms with Crippen LogP contribution in [0.25, 0.3) is 0 Å². The summed E-state index contributed by atoms with van der Waals surface area (Å²) in [6.07, 6.45) is 1.54. The molecule has 5 nitrogen and oxygen atoms in total. The molecule has 1 atom stereocenters. The number of benzene rings is 1. The van der Waals surface area contributed by atoms with Crippen molar-refractivity contribution in [2.75, 3.05) is 13.2 Å². The highest BCUT2D eigenvalue weighted by atomic mass is 127. The van der Waals surface area contributed by atoms with Gasteiger partial charge in [-0.25, -0.2) is 12.7 Å². The smallest absolute Gasteiger partial charge is 0.269 e. The molecule has 0 radical (unpaired) electrons. The van der Waals surface area contributed by atoms with E-state index in [0.717, 1.165) is 20.7 Å². The van der Waals surface area contributed by atoms with Gasteiger partial charge in [0.25, 0.3) is 15.9 Å². The van der Waals surface area contributed by atoms with E-state index in [1.807, 2.05) is 22.6 Å². The minimum absolute atomic E-state index is 0.113. The Morgan fingerprint density at radius 3 is 2.89 bits per heavy atom. The first kappa shape index (κ1) is 13.3. The maximum Gasteiger partial charge on any atom is 0.269 e. The monoisotopic (exact) mass is 393 g/mol. The molecule has 0 aliphatic carbocycles. The molecular formula is C12H12INO4S. The number of nitrogens with zero attached hydrogens (tertiary/aromatic N) is 1. The SMILES string of the molecule is O=C1c2ccc(I)cc2S(=O)(=O)N1CC1CCCO1. The lowest BCUT2D eigenvalue weighted by Gasteiger charge is -2.18. The summed E-state index contributed by atoms with van der Waals surface area (Å²) in [6.45, 7) is 0.754. The van der Waals surface area contributed by atoms with Crippen LogP contribution in [0.5, 0.6) is 0 Å². The minimum atomic E-state index is -3.71. The van der Waals surface area contributed by atoms with Gasteiger partial charge in [-0.2, -0.15) is 0 Å². The van der Waals surface area contributed by atoms with E-state index in [1.165, 1.54) is 0 Å². The number of ether oxygens (including phenoxy) is 1. The second kappa shape index (κ2) is 4.71. The van der Waals surface area contributed by atoms with Gasteiger partial charge in [0.15, 0.2) is 0 Å². The molecule has 2 heterocycles. The zero-order valence-corrected chi connectivity index (χ0v) is 13.0. The van der Waals surface area contributed by atoms with Gasteiger partial charge in [-0.1, -0.05) is 0 Å². The maximum absolute atomic E-state index is 12.4. The summed E-state index contributed by atoms with van der Waals surface area (Å²) >= 11 is 2.04. The second-order valence-electron chi connectivity index (χ2n) is 4.62. The number of carbonyl (C=O) groups excluding carboxylic acids is 1. The summed E-state index contributed by atoms with van der Waals surface area (Å²) in [5.74, 6) is -0.443. The van der Waals surface area contributed by atoms with Crippen molar-refractivity contribution in [3.05, 3.63) is 27.3 Å². The molecule has 1 aromatic carbocycles. The minimum Gasteiger partial charge on any atom is -0.376 e. The van der Waals surface area contributed by atoms with Gasteiger partial charge in [-0.05, 0) is 53.6 Å². The van der Waals surface area contributed by atoms with E-state index < -0.39 is 15.9 Å². The Labute approximate surface area is 125 Å². The molecule has 0 N–H and O–H groups in total. The van der Waals surface area contributed by atoms with Crippen LogP contribution in [0.15, 0.2) is 23.1 Å². The molecule has 2 aliphatic rings. The highest BCUT2D eigenvalue weighted by Crippen LogP contribution is 2.32. The van der Waals surface area contributed by atoms with Crippen LogP contribution < -0.4 is 0 Å². The number of fused-ring (bicyclic) bond motifs is 1. The van der Waals surface area contributed by atoms with Crippen LogP contribution in [-0.4, -0.2) is 37.9 Å². The molecule has 1 amide bonds. The Morgan fingerprint density at radius 2 is 2.21 bits per heavy atom. The summed E-state index contributed by atoms with van der Waals surface area (Å²) in [5.41, 5.74) is 0.262. The number of amides is 1. The fraction of sp³-hybridized carbons (Fsp3) is 0.417. The number of carbonyl (C=O) groups is 1. The van der Waals surface area contributed by atoms with Crippen molar-refractivity contribution >= 4 is 38.5 Å². The van der Waals surface area contributed by atoms with Crippen LogP contribution in [0.2, 0.25) is 0 Å². The lowest BCUT2D eigenvalue weighted by molar-refractivity contribution is 0.0708. The van der Waals surface area contributed by atoms with Crippen molar-refractivity contribution in [3.8, 4) is 0 Å². The van der Waals surface area contributed by atoms with Gasteiger partial charge >= 0.3 is 0 Å². The summed E-state index contributed by atoms with van der Waals surface area (Å²) in [7, 11) is -3.71. The summed E-state index contributed by atoms with van der Waals surface area (Å²) in [5, 5.41) is 0. The van der Waals surface area contributed by atoms with E-state index in [0.29, 0.717) is 6.61 Å². The maximum atomic E-state index is 12.4. The highest BCUT2D eigenvalue weighted by molar-refractivity contribution is 14.1. The standard InChI is InChI=1S/C12H12INO4S/c13-8-3-4-10-11(6-8)19(16,17)14(12(10)15)7-9-2-1-5-18-9/h3-4,6,9H,1-2,5,7H2. The van der Waals surface area contributed by atoms with Crippen molar-refractivity contribution in [2.45, 2.75) is 23.8 Å². The molecule has 102 valence electrons. The van der Waals surface area contributed by atoms with E-state index in [9.17, 15) is 13.2 Å². The van der Waals surface area contributed by atoms with Crippen molar-refractivity contribution in [1.29, 1.82) is 0 Å². The largest absolute Gasteiger partial charge is 0.376 e. The van der Waals surface area contributed by atoms with E-state index in [-0.39, 0.29) is 23.1 Å². The van der Waals surface area contributed by atoms with Gasteiger partial charge in [-0.15, -0.1) is 0 Å². The van der Waals surface area contributed by atoms with Crippen LogP contribution in [0.3, 0.4) is 0 Å². The lowest BCUT2D eigenvalue weighted by atomic mass is 10.2. The van der Waals surface area contributed by atoms with Crippen molar-refractivity contribution in [1.82, 2.24) is 4.31 Å². The fourth-order valence-electron chi connectivity index (χ4n) is 2.40. The average molecular weight is 393 g/mol. The molecule has 1 fully saturated rings. The molecule has 19 heavy (non-hydrogen) atoms. The number of hydrogen-bond acceptors (Lipinski definition) is 4. The quantitative estimate of drug-likeness (QED) is 0.717. The molecule has 0 spiro atoms. The summed E-state index contributed by atoms with van der Waals surface area (Å²) < 4.78 is 31.9. The molecule has 0 saturated carbocycles. The first-order chi connectivity index (χ1) is 9.00. The molecule has 7 heteroatoms. The van der Waals surface area contributed by atoms with E-state index in [4.69, 9.17) is 4.74 Å². The second-order valence-corrected chi connectivity index (χ2v) is 7.69. The van der Waals surface area contributed by atoms with Crippen LogP contribution in [0, 0.1) is 3.57 Å². The predicted molar refractivity (Wildman–Crippen MR) is 76.4 cm³/mol.